The highest BCUT2D eigenvalue weighted by Crippen LogP contribution is 2.42. The number of piperidine rings is 1. The molecule has 1 unspecified atom stereocenters. The van der Waals surface area contributed by atoms with E-state index in [1.807, 2.05) is 31.2 Å². The number of nitrogens with zero attached hydrogens (tertiary/aromatic N) is 7. The van der Waals surface area contributed by atoms with Gasteiger partial charge in [-0.15, -0.1) is 15.3 Å². The Morgan fingerprint density at radius 2 is 2.06 bits per heavy atom. The minimum atomic E-state index is -0.600. The summed E-state index contributed by atoms with van der Waals surface area (Å²) in [4.78, 5) is 16.9. The smallest absolute Gasteiger partial charge is 0.228 e. The fourth-order valence-corrected chi connectivity index (χ4v) is 4.88. The number of nitriles is 1. The van der Waals surface area contributed by atoms with Crippen LogP contribution in [0.1, 0.15) is 42.1 Å². The summed E-state index contributed by atoms with van der Waals surface area (Å²) in [5.74, 6) is 0.736. The summed E-state index contributed by atoms with van der Waals surface area (Å²) in [7, 11) is 0. The molecule has 1 aromatic carbocycles. The topological polar surface area (TPSA) is 111 Å². The molecular weight excluding hydrogens is 406 g/mol. The maximum Gasteiger partial charge on any atom is 0.228 e. The van der Waals surface area contributed by atoms with Crippen molar-refractivity contribution in [2.24, 2.45) is 5.41 Å². The molecule has 0 bridgehead atoms. The molecule has 2 saturated heterocycles. The number of aryl methyl sites for hydroxylation is 1. The maximum atomic E-state index is 12.8. The summed E-state index contributed by atoms with van der Waals surface area (Å²) in [5.41, 5.74) is 2.95. The summed E-state index contributed by atoms with van der Waals surface area (Å²) in [6.45, 7) is 4.78. The van der Waals surface area contributed by atoms with Crippen LogP contribution in [0.25, 0.3) is 5.65 Å². The summed E-state index contributed by atoms with van der Waals surface area (Å²) in [6, 6.07) is 11.3. The Hall–Kier alpha value is -3.35. The minimum Gasteiger partial charge on any atom is -0.387 e. The van der Waals surface area contributed by atoms with Gasteiger partial charge in [-0.2, -0.15) is 9.78 Å². The quantitative estimate of drug-likeness (QED) is 0.671. The number of aromatic nitrogens is 4. The van der Waals surface area contributed by atoms with Crippen molar-refractivity contribution in [3.05, 3.63) is 53.3 Å². The van der Waals surface area contributed by atoms with Gasteiger partial charge in [0.1, 0.15) is 6.33 Å². The number of hydrogen-bond acceptors (Lipinski definition) is 7. The predicted octanol–water partition coefficient (Wildman–Crippen LogP) is 1.86. The molecule has 0 radical (unpaired) electrons. The highest BCUT2D eigenvalue weighted by molar-refractivity contribution is 5.95. The van der Waals surface area contributed by atoms with E-state index in [0.29, 0.717) is 36.5 Å². The first-order valence-corrected chi connectivity index (χ1v) is 10.8. The summed E-state index contributed by atoms with van der Waals surface area (Å²) >= 11 is 0. The molecule has 2 fully saturated rings. The Bertz CT molecular complexity index is 1210. The number of aliphatic hydroxyl groups is 1. The molecule has 2 aliphatic heterocycles. The van der Waals surface area contributed by atoms with Crippen molar-refractivity contribution in [3.8, 4) is 6.07 Å². The third kappa shape index (κ3) is 3.72. The standard InChI is InChI=1S/C23H25N7O2/c1-16-10-17(2-3-18(16)12-24)19(31)13-28-8-6-23(7-9-28)11-22(32)29(14-23)21-5-4-20-26-25-15-30(20)27-21/h2-5,10,15,19,31H,6-9,11,13-14H2,1H3. The zero-order valence-electron chi connectivity index (χ0n) is 18.0. The van der Waals surface area contributed by atoms with Crippen molar-refractivity contribution in [2.75, 3.05) is 31.1 Å². The van der Waals surface area contributed by atoms with Crippen molar-refractivity contribution in [1.29, 1.82) is 5.26 Å². The number of hydrogen-bond donors (Lipinski definition) is 1. The number of benzene rings is 1. The molecule has 2 aromatic heterocycles. The van der Waals surface area contributed by atoms with Crippen molar-refractivity contribution < 1.29 is 9.90 Å². The van der Waals surface area contributed by atoms with Crippen LogP contribution in [0, 0.1) is 23.7 Å². The van der Waals surface area contributed by atoms with E-state index in [9.17, 15) is 9.90 Å². The molecule has 4 heterocycles. The first-order chi connectivity index (χ1) is 15.5. The minimum absolute atomic E-state index is 0.0482. The van der Waals surface area contributed by atoms with E-state index in [1.54, 1.807) is 15.5 Å². The fourth-order valence-electron chi connectivity index (χ4n) is 4.88. The van der Waals surface area contributed by atoms with Crippen molar-refractivity contribution in [2.45, 2.75) is 32.3 Å². The molecule has 1 spiro atoms. The third-order valence-corrected chi connectivity index (χ3v) is 6.85. The lowest BCUT2D eigenvalue weighted by atomic mass is 9.77. The zero-order chi connectivity index (χ0) is 22.3. The molecule has 164 valence electrons. The summed E-state index contributed by atoms with van der Waals surface area (Å²) < 4.78 is 1.59. The fraction of sp³-hybridized carbons (Fsp3) is 0.435. The van der Waals surface area contributed by atoms with E-state index in [1.165, 1.54) is 6.33 Å². The van der Waals surface area contributed by atoms with Gasteiger partial charge in [0.15, 0.2) is 11.5 Å². The highest BCUT2D eigenvalue weighted by atomic mass is 16.3. The average molecular weight is 432 g/mol. The number of amides is 1. The van der Waals surface area contributed by atoms with Gasteiger partial charge in [0, 0.05) is 19.5 Å². The molecule has 0 aliphatic carbocycles. The van der Waals surface area contributed by atoms with Crippen LogP contribution in [0.4, 0.5) is 5.82 Å². The van der Waals surface area contributed by atoms with Gasteiger partial charge >= 0.3 is 0 Å². The Morgan fingerprint density at radius 3 is 2.81 bits per heavy atom. The Kier molecular flexibility index (Phi) is 5.12. The normalized spacial score (nSPS) is 19.5. The van der Waals surface area contributed by atoms with E-state index < -0.39 is 6.10 Å². The van der Waals surface area contributed by atoms with Crippen LogP contribution in [-0.4, -0.2) is 61.9 Å². The van der Waals surface area contributed by atoms with Gasteiger partial charge in [0.2, 0.25) is 5.91 Å². The van der Waals surface area contributed by atoms with Crippen LogP contribution in [0.15, 0.2) is 36.7 Å². The number of rotatable bonds is 4. The van der Waals surface area contributed by atoms with Crippen LogP contribution in [-0.2, 0) is 4.79 Å². The van der Waals surface area contributed by atoms with Gasteiger partial charge < -0.3 is 10.0 Å². The van der Waals surface area contributed by atoms with E-state index in [-0.39, 0.29) is 11.3 Å². The molecule has 5 rings (SSSR count). The highest BCUT2D eigenvalue weighted by Gasteiger charge is 2.45. The number of anilines is 1. The zero-order valence-corrected chi connectivity index (χ0v) is 18.0. The van der Waals surface area contributed by atoms with Crippen molar-refractivity contribution in [1.82, 2.24) is 24.7 Å². The number of aliphatic hydroxyl groups excluding tert-OH is 1. The summed E-state index contributed by atoms with van der Waals surface area (Å²) in [5, 5.41) is 32.1. The lowest BCUT2D eigenvalue weighted by Crippen LogP contribution is -2.43. The number of β-amino-alcohol motifs (C(OH)–C–C–N with tert-alkyl or cyclic N) is 1. The first-order valence-electron chi connectivity index (χ1n) is 10.8. The van der Waals surface area contributed by atoms with Crippen LogP contribution < -0.4 is 4.90 Å². The second-order valence-electron chi connectivity index (χ2n) is 8.98. The second-order valence-corrected chi connectivity index (χ2v) is 8.98. The largest absolute Gasteiger partial charge is 0.387 e. The van der Waals surface area contributed by atoms with Crippen LogP contribution >= 0.6 is 0 Å². The molecule has 3 aromatic rings. The molecule has 9 heteroatoms. The summed E-state index contributed by atoms with van der Waals surface area (Å²) in [6.07, 6.45) is 3.28. The number of carbonyl (C=O) groups excluding carboxylic acids is 1. The Labute approximate surface area is 185 Å². The second kappa shape index (κ2) is 7.97. The van der Waals surface area contributed by atoms with Crippen molar-refractivity contribution in [3.63, 3.8) is 0 Å². The maximum absolute atomic E-state index is 12.8. The average Bonchev–Trinajstić information content (AvgIpc) is 3.39. The molecule has 1 amide bonds. The molecular formula is C23H25N7O2. The van der Waals surface area contributed by atoms with E-state index in [4.69, 9.17) is 5.26 Å². The van der Waals surface area contributed by atoms with Crippen LogP contribution in [0.3, 0.4) is 0 Å². The Balaban J connectivity index is 1.22. The van der Waals surface area contributed by atoms with E-state index >= 15 is 0 Å². The number of likely N-dealkylation sites (tertiary alicyclic amines) is 1. The number of fused-ring (bicyclic) bond motifs is 1. The van der Waals surface area contributed by atoms with Gasteiger partial charge in [-0.1, -0.05) is 12.1 Å². The van der Waals surface area contributed by atoms with Gasteiger partial charge in [-0.05, 0) is 67.6 Å². The predicted molar refractivity (Wildman–Crippen MR) is 117 cm³/mol. The van der Waals surface area contributed by atoms with Gasteiger partial charge in [-0.25, -0.2) is 0 Å². The van der Waals surface area contributed by atoms with E-state index in [2.05, 4.69) is 26.3 Å². The van der Waals surface area contributed by atoms with Crippen LogP contribution in [0.5, 0.6) is 0 Å². The lowest BCUT2D eigenvalue weighted by molar-refractivity contribution is -0.118. The monoisotopic (exact) mass is 431 g/mol. The molecule has 1 atom stereocenters. The SMILES string of the molecule is Cc1cc(C(O)CN2CCC3(CC2)CC(=O)N(c2ccc4nncn4n2)C3)ccc1C#N. The lowest BCUT2D eigenvalue weighted by Gasteiger charge is -2.39. The molecule has 1 N–H and O–H groups in total. The molecule has 32 heavy (non-hydrogen) atoms. The molecule has 0 saturated carbocycles. The van der Waals surface area contributed by atoms with Crippen LogP contribution in [0.2, 0.25) is 0 Å². The first kappa shape index (κ1) is 20.5. The number of carbonyl (C=O) groups is 1. The van der Waals surface area contributed by atoms with Gasteiger partial charge in [0.25, 0.3) is 0 Å². The van der Waals surface area contributed by atoms with Crippen molar-refractivity contribution >= 4 is 17.4 Å². The van der Waals surface area contributed by atoms with Gasteiger partial charge in [-0.3, -0.25) is 9.69 Å². The molecule has 9 nitrogen and oxygen atoms in total. The van der Waals surface area contributed by atoms with E-state index in [0.717, 1.165) is 37.1 Å². The third-order valence-electron chi connectivity index (χ3n) is 6.85. The Morgan fingerprint density at radius 1 is 1.25 bits per heavy atom. The molecule has 2 aliphatic rings. The van der Waals surface area contributed by atoms with Gasteiger partial charge in [0.05, 0.1) is 17.7 Å².